The molecule has 43 valence electrons. The van der Waals surface area contributed by atoms with Gasteiger partial charge in [0.1, 0.15) is 0 Å². The van der Waals surface area contributed by atoms with Gasteiger partial charge in [-0.15, -0.1) is 0 Å². The first-order valence-corrected chi connectivity index (χ1v) is 3.71. The van der Waals surface area contributed by atoms with Crippen LogP contribution < -0.4 is 0 Å². The monoisotopic (exact) mass is 166 g/mol. The zero-order chi connectivity index (χ0) is 5.70. The quantitative estimate of drug-likeness (QED) is 0.551. The van der Waals surface area contributed by atoms with Crippen molar-refractivity contribution in [3.05, 3.63) is 0 Å². The van der Waals surface area contributed by atoms with Crippen LogP contribution in [0.4, 0.5) is 0 Å². The normalized spacial score (nSPS) is 10.3. The van der Waals surface area contributed by atoms with Crippen LogP contribution in [0.15, 0.2) is 0 Å². The molecule has 0 aliphatic carbocycles. The summed E-state index contributed by atoms with van der Waals surface area (Å²) in [5, 5.41) is 1.18. The Morgan fingerprint density at radius 3 is 2.14 bits per heavy atom. The summed E-state index contributed by atoms with van der Waals surface area (Å²) in [4.78, 5) is 2.19. The Bertz CT molecular complexity index is 37.1. The molecule has 0 aromatic rings. The van der Waals surface area contributed by atoms with Gasteiger partial charge in [0, 0.05) is 0 Å². The van der Waals surface area contributed by atoms with Crippen LogP contribution in [0, 0.1) is 0 Å². The van der Waals surface area contributed by atoms with Gasteiger partial charge in [0.25, 0.3) is 0 Å². The second kappa shape index (κ2) is 4.63. The molecule has 0 rings (SSSR count). The predicted molar refractivity (Wildman–Crippen MR) is 33.7 cm³/mol. The van der Waals surface area contributed by atoms with Crippen molar-refractivity contribution in [2.75, 3.05) is 20.6 Å². The van der Waals surface area contributed by atoms with Crippen LogP contribution in [0.2, 0.25) is 5.32 Å². The topological polar surface area (TPSA) is 3.24 Å². The molecule has 2 heteroatoms. The molecule has 0 aromatic heterocycles. The van der Waals surface area contributed by atoms with Crippen LogP contribution in [0.3, 0.4) is 0 Å². The Kier molecular flexibility index (Phi) is 4.95. The molecule has 0 heterocycles. The summed E-state index contributed by atoms with van der Waals surface area (Å²) in [5.74, 6) is 0. The molecule has 0 fully saturated rings. The first-order chi connectivity index (χ1) is 3.27. The molecule has 0 atom stereocenters. The first-order valence-electron chi connectivity index (χ1n) is 2.50. The van der Waals surface area contributed by atoms with Crippen molar-refractivity contribution >= 4 is 16.0 Å². The zero-order valence-corrected chi connectivity index (χ0v) is 6.69. The number of hydrogen-bond donors (Lipinski definition) is 0. The van der Waals surface area contributed by atoms with E-state index in [4.69, 9.17) is 0 Å². The SMILES string of the molecule is CN(C)CCC[Se]. The fourth-order valence-corrected chi connectivity index (χ4v) is 0.652. The van der Waals surface area contributed by atoms with Gasteiger partial charge in [0.2, 0.25) is 0 Å². The van der Waals surface area contributed by atoms with Crippen LogP contribution >= 0.6 is 0 Å². The standard InChI is InChI=1S/C5H12NSe/c1-6(2)4-3-5-7/h3-5H2,1-2H3. The summed E-state index contributed by atoms with van der Waals surface area (Å²) >= 11 is 2.97. The van der Waals surface area contributed by atoms with Gasteiger partial charge in [0.05, 0.1) is 0 Å². The van der Waals surface area contributed by atoms with E-state index in [0.717, 1.165) is 0 Å². The van der Waals surface area contributed by atoms with Crippen LogP contribution in [0.25, 0.3) is 0 Å². The average Bonchev–Trinajstić information content (AvgIpc) is 1.61. The molecule has 0 saturated heterocycles. The molecular formula is C5H12NSe. The maximum absolute atomic E-state index is 2.97. The third kappa shape index (κ3) is 6.48. The molecular weight excluding hydrogens is 153 g/mol. The number of rotatable bonds is 3. The number of hydrogen-bond acceptors (Lipinski definition) is 1. The van der Waals surface area contributed by atoms with E-state index in [2.05, 4.69) is 35.0 Å². The van der Waals surface area contributed by atoms with Crippen LogP contribution in [0.5, 0.6) is 0 Å². The van der Waals surface area contributed by atoms with E-state index in [1.165, 1.54) is 18.3 Å². The zero-order valence-electron chi connectivity index (χ0n) is 4.98. The molecule has 7 heavy (non-hydrogen) atoms. The van der Waals surface area contributed by atoms with Crippen LogP contribution in [-0.4, -0.2) is 41.6 Å². The Morgan fingerprint density at radius 2 is 2.00 bits per heavy atom. The third-order valence-corrected chi connectivity index (χ3v) is 1.36. The van der Waals surface area contributed by atoms with E-state index >= 15 is 0 Å². The fraction of sp³-hybridized carbons (Fsp3) is 1.00. The van der Waals surface area contributed by atoms with E-state index in [-0.39, 0.29) is 0 Å². The molecule has 0 N–H and O–H groups in total. The fourth-order valence-electron chi connectivity index (χ4n) is 0.381. The molecule has 0 spiro atoms. The Hall–Kier alpha value is 0.479. The summed E-state index contributed by atoms with van der Waals surface area (Å²) < 4.78 is 0. The molecule has 1 nitrogen and oxygen atoms in total. The van der Waals surface area contributed by atoms with Crippen molar-refractivity contribution in [2.45, 2.75) is 11.7 Å². The van der Waals surface area contributed by atoms with Crippen molar-refractivity contribution in [3.63, 3.8) is 0 Å². The van der Waals surface area contributed by atoms with Gasteiger partial charge in [0.15, 0.2) is 0 Å². The summed E-state index contributed by atoms with van der Waals surface area (Å²) in [6, 6.07) is 0. The van der Waals surface area contributed by atoms with Gasteiger partial charge in [-0.1, -0.05) is 0 Å². The van der Waals surface area contributed by atoms with Gasteiger partial charge in [-0.25, -0.2) is 0 Å². The first kappa shape index (κ1) is 7.48. The molecule has 0 aromatic carbocycles. The third-order valence-electron chi connectivity index (χ3n) is 0.750. The maximum atomic E-state index is 2.97. The van der Waals surface area contributed by atoms with Gasteiger partial charge in [-0.3, -0.25) is 0 Å². The van der Waals surface area contributed by atoms with Crippen molar-refractivity contribution in [1.29, 1.82) is 0 Å². The average molecular weight is 165 g/mol. The second-order valence-corrected chi connectivity index (χ2v) is 2.72. The second-order valence-electron chi connectivity index (χ2n) is 1.86. The van der Waals surface area contributed by atoms with Crippen molar-refractivity contribution in [2.24, 2.45) is 0 Å². The molecule has 0 aliphatic heterocycles. The summed E-state index contributed by atoms with van der Waals surface area (Å²) in [6.07, 6.45) is 1.27. The van der Waals surface area contributed by atoms with Crippen LogP contribution in [0.1, 0.15) is 6.42 Å². The van der Waals surface area contributed by atoms with E-state index in [1.807, 2.05) is 0 Å². The minimum atomic E-state index is 1.18. The molecule has 0 bridgehead atoms. The van der Waals surface area contributed by atoms with E-state index in [9.17, 15) is 0 Å². The Morgan fingerprint density at radius 1 is 1.43 bits per heavy atom. The van der Waals surface area contributed by atoms with Crippen molar-refractivity contribution in [3.8, 4) is 0 Å². The van der Waals surface area contributed by atoms with Gasteiger partial charge >= 0.3 is 53.3 Å². The summed E-state index contributed by atoms with van der Waals surface area (Å²) in [6.45, 7) is 1.20. The van der Waals surface area contributed by atoms with E-state index in [1.54, 1.807) is 0 Å². The number of nitrogens with zero attached hydrogens (tertiary/aromatic N) is 1. The van der Waals surface area contributed by atoms with Crippen molar-refractivity contribution < 1.29 is 0 Å². The molecule has 0 aliphatic rings. The molecule has 0 saturated carbocycles. The predicted octanol–water partition coefficient (Wildman–Crippen LogP) is 0.525. The van der Waals surface area contributed by atoms with Gasteiger partial charge in [-0.2, -0.15) is 0 Å². The molecule has 0 amide bonds. The van der Waals surface area contributed by atoms with E-state index < -0.39 is 0 Å². The Labute approximate surface area is 53.9 Å². The van der Waals surface area contributed by atoms with Gasteiger partial charge < -0.3 is 0 Å². The molecule has 0 unspecified atom stereocenters. The molecule has 1 radical (unpaired) electrons. The van der Waals surface area contributed by atoms with Crippen molar-refractivity contribution in [1.82, 2.24) is 4.90 Å². The van der Waals surface area contributed by atoms with Crippen LogP contribution in [-0.2, 0) is 0 Å². The summed E-state index contributed by atoms with van der Waals surface area (Å²) in [5.41, 5.74) is 0. The Balaban J connectivity index is 2.68. The summed E-state index contributed by atoms with van der Waals surface area (Å²) in [7, 11) is 4.19. The minimum absolute atomic E-state index is 1.18. The van der Waals surface area contributed by atoms with E-state index in [0.29, 0.717) is 0 Å². The van der Waals surface area contributed by atoms with Gasteiger partial charge in [-0.05, 0) is 0 Å².